The van der Waals surface area contributed by atoms with Crippen LogP contribution in [-0.2, 0) is 5.41 Å². The van der Waals surface area contributed by atoms with Gasteiger partial charge in [0, 0.05) is 72.3 Å². The number of furan rings is 1. The van der Waals surface area contributed by atoms with Gasteiger partial charge in [-0.05, 0) is 76.6 Å². The van der Waals surface area contributed by atoms with Gasteiger partial charge in [0.1, 0.15) is 11.2 Å². The molecule has 9 aromatic rings. The summed E-state index contributed by atoms with van der Waals surface area (Å²) in [6.07, 6.45) is 16.1. The Morgan fingerprint density at radius 1 is 0.603 bits per heavy atom. The summed E-state index contributed by atoms with van der Waals surface area (Å²) < 4.78 is 6.50. The molecule has 4 heterocycles. The van der Waals surface area contributed by atoms with E-state index in [0.717, 1.165) is 79.5 Å². The predicted molar refractivity (Wildman–Crippen MR) is 283 cm³/mol. The summed E-state index contributed by atoms with van der Waals surface area (Å²) in [5, 5.41) is 2.52. The number of anilines is 1. The summed E-state index contributed by atoms with van der Waals surface area (Å²) in [6.45, 7) is 4.94. The summed E-state index contributed by atoms with van der Waals surface area (Å²) in [5.41, 5.74) is 17.9. The van der Waals surface area contributed by atoms with Crippen LogP contribution < -0.4 is 4.90 Å². The molecular formula is C63H49N3OS. The zero-order valence-electron chi connectivity index (χ0n) is 38.4. The highest BCUT2D eigenvalue weighted by atomic mass is 32.2. The minimum atomic E-state index is -0.216. The Morgan fingerprint density at radius 2 is 1.25 bits per heavy atom. The normalized spacial score (nSPS) is 21.4. The fourth-order valence-corrected chi connectivity index (χ4v) is 13.6. The van der Waals surface area contributed by atoms with Gasteiger partial charge in [-0.15, -0.1) is 11.8 Å². The van der Waals surface area contributed by atoms with Gasteiger partial charge in [-0.1, -0.05) is 190 Å². The van der Waals surface area contributed by atoms with Crippen molar-refractivity contribution in [1.29, 1.82) is 0 Å². The standard InChI is InChI=1S/C63H49N3OS/c1-62-35-13-11-26-49(50(62)30-12-14-36-62)58-60-63(2,51-31-8-10-34-56(51)68-60)52-32-18-27-45(57(52)66(58)3)41-21-15-23-43(37-41)53-39-54(65-61(64-53)40-19-5-4-6-20-40)44-24-16-22-42(38-44)46-28-17-29-48-47-25-7-9-33-55(47)67-59(46)48/h4-25,27-34,36-39,58,60H,26,35H2,1-3H3. The minimum Gasteiger partial charge on any atom is -0.455 e. The molecule has 0 amide bonds. The van der Waals surface area contributed by atoms with Gasteiger partial charge in [0.25, 0.3) is 0 Å². The van der Waals surface area contributed by atoms with Crippen molar-refractivity contribution in [3.8, 4) is 56.2 Å². The van der Waals surface area contributed by atoms with Gasteiger partial charge in [-0.25, -0.2) is 9.97 Å². The maximum atomic E-state index is 6.50. The van der Waals surface area contributed by atoms with Crippen molar-refractivity contribution >= 4 is 39.4 Å². The Kier molecular flexibility index (Phi) is 9.49. The maximum absolute atomic E-state index is 6.50. The van der Waals surface area contributed by atoms with E-state index in [4.69, 9.17) is 14.4 Å². The summed E-state index contributed by atoms with van der Waals surface area (Å²) in [5.74, 6) is 0.690. The molecule has 0 radical (unpaired) electrons. The number of hydrogen-bond acceptors (Lipinski definition) is 5. The van der Waals surface area contributed by atoms with Crippen molar-refractivity contribution in [3.05, 3.63) is 229 Å². The number of fused-ring (bicyclic) bond motifs is 9. The molecule has 2 aliphatic heterocycles. The minimum absolute atomic E-state index is 0.0442. The predicted octanol–water partition coefficient (Wildman–Crippen LogP) is 16.1. The van der Waals surface area contributed by atoms with E-state index in [1.54, 1.807) is 0 Å². The van der Waals surface area contributed by atoms with Gasteiger partial charge in [-0.3, -0.25) is 0 Å². The third kappa shape index (κ3) is 6.36. The first-order valence-corrected chi connectivity index (χ1v) is 24.7. The van der Waals surface area contributed by atoms with Gasteiger partial charge < -0.3 is 9.32 Å². The van der Waals surface area contributed by atoms with E-state index in [9.17, 15) is 0 Å². The molecule has 328 valence electrons. The van der Waals surface area contributed by atoms with Crippen LogP contribution in [0.4, 0.5) is 5.69 Å². The number of allylic oxidation sites excluding steroid dienone is 7. The zero-order chi connectivity index (χ0) is 45.6. The molecule has 2 aromatic heterocycles. The van der Waals surface area contributed by atoms with Gasteiger partial charge in [-0.2, -0.15) is 0 Å². The van der Waals surface area contributed by atoms with Crippen LogP contribution in [0.25, 0.3) is 78.1 Å². The fraction of sp³-hybridized carbons (Fsp3) is 0.143. The fourth-order valence-electron chi connectivity index (χ4n) is 11.8. The number of benzene rings is 7. The second-order valence-electron chi connectivity index (χ2n) is 19.2. The lowest BCUT2D eigenvalue weighted by atomic mass is 9.65. The number of thioether (sulfide) groups is 1. The highest BCUT2D eigenvalue weighted by Crippen LogP contribution is 2.62. The molecule has 4 aliphatic rings. The number of para-hydroxylation sites is 3. The highest BCUT2D eigenvalue weighted by Gasteiger charge is 2.56. The maximum Gasteiger partial charge on any atom is 0.160 e. The molecule has 4 unspecified atom stereocenters. The Morgan fingerprint density at radius 3 is 2.07 bits per heavy atom. The van der Waals surface area contributed by atoms with Crippen LogP contribution in [0, 0.1) is 5.41 Å². The lowest BCUT2D eigenvalue weighted by molar-refractivity contribution is 0.454. The van der Waals surface area contributed by atoms with Gasteiger partial charge >= 0.3 is 0 Å². The number of aromatic nitrogens is 2. The monoisotopic (exact) mass is 895 g/mol. The Bertz CT molecular complexity index is 3630. The molecule has 4 atom stereocenters. The van der Waals surface area contributed by atoms with Gasteiger partial charge in [0.05, 0.1) is 17.4 Å². The van der Waals surface area contributed by atoms with E-state index in [1.807, 2.05) is 18.2 Å². The van der Waals surface area contributed by atoms with E-state index in [2.05, 4.69) is 226 Å². The Hall–Kier alpha value is -7.47. The lowest BCUT2D eigenvalue weighted by Crippen LogP contribution is -2.54. The quantitative estimate of drug-likeness (QED) is 0.156. The summed E-state index contributed by atoms with van der Waals surface area (Å²) >= 11 is 2.07. The SMILES string of the molecule is CN1c2c(-c3cccc(-c4cc(-c5cccc(-c6cccc7c6oc6ccccc67)c5)nc(-c5ccccc5)n4)c3)cccc2C2(C)c3ccccc3SC2C1C1=C2C=CC=CC2(C)CC=CC1. The number of nitrogens with zero attached hydrogens (tertiary/aromatic N) is 3. The zero-order valence-corrected chi connectivity index (χ0v) is 39.2. The molecule has 4 nitrogen and oxygen atoms in total. The van der Waals surface area contributed by atoms with E-state index in [1.165, 1.54) is 38.4 Å². The molecule has 68 heavy (non-hydrogen) atoms. The van der Waals surface area contributed by atoms with Crippen molar-refractivity contribution in [1.82, 2.24) is 9.97 Å². The lowest BCUT2D eigenvalue weighted by Gasteiger charge is -2.51. The number of rotatable bonds is 6. The smallest absolute Gasteiger partial charge is 0.160 e. The first-order chi connectivity index (χ1) is 33.4. The largest absolute Gasteiger partial charge is 0.455 e. The van der Waals surface area contributed by atoms with Crippen molar-refractivity contribution in [3.63, 3.8) is 0 Å². The molecule has 0 fully saturated rings. The van der Waals surface area contributed by atoms with Crippen molar-refractivity contribution < 1.29 is 4.42 Å². The molecule has 0 saturated carbocycles. The van der Waals surface area contributed by atoms with Crippen LogP contribution in [0.2, 0.25) is 0 Å². The van der Waals surface area contributed by atoms with Crippen molar-refractivity contribution in [2.45, 2.75) is 48.3 Å². The number of likely N-dealkylation sites (N-methyl/N-ethyl adjacent to an activating group) is 1. The van der Waals surface area contributed by atoms with Crippen LogP contribution in [0.1, 0.15) is 37.8 Å². The first kappa shape index (κ1) is 40.8. The van der Waals surface area contributed by atoms with E-state index >= 15 is 0 Å². The van der Waals surface area contributed by atoms with E-state index < -0.39 is 0 Å². The van der Waals surface area contributed by atoms with Crippen LogP contribution in [-0.4, -0.2) is 28.3 Å². The molecule has 0 spiro atoms. The van der Waals surface area contributed by atoms with Gasteiger partial charge in [0.2, 0.25) is 0 Å². The van der Waals surface area contributed by atoms with Crippen LogP contribution in [0.3, 0.4) is 0 Å². The van der Waals surface area contributed by atoms with Crippen LogP contribution in [0.5, 0.6) is 0 Å². The summed E-state index contributed by atoms with van der Waals surface area (Å²) in [7, 11) is 2.35. The van der Waals surface area contributed by atoms with Gasteiger partial charge in [0.15, 0.2) is 5.82 Å². The third-order valence-electron chi connectivity index (χ3n) is 15.2. The van der Waals surface area contributed by atoms with Crippen molar-refractivity contribution in [2.75, 3.05) is 11.9 Å². The second kappa shape index (κ2) is 15.8. The summed E-state index contributed by atoms with van der Waals surface area (Å²) in [6, 6.07) is 61.2. The molecule has 5 heteroatoms. The Balaban J connectivity index is 0.957. The van der Waals surface area contributed by atoms with E-state index in [-0.39, 0.29) is 22.1 Å². The molecule has 13 rings (SSSR count). The molecular weight excluding hydrogens is 847 g/mol. The molecule has 0 bridgehead atoms. The summed E-state index contributed by atoms with van der Waals surface area (Å²) in [4.78, 5) is 14.6. The molecule has 2 aliphatic carbocycles. The van der Waals surface area contributed by atoms with Crippen LogP contribution >= 0.6 is 11.8 Å². The highest BCUT2D eigenvalue weighted by molar-refractivity contribution is 8.00. The van der Waals surface area contributed by atoms with E-state index in [0.29, 0.717) is 5.82 Å². The average molecular weight is 896 g/mol. The third-order valence-corrected chi connectivity index (χ3v) is 16.8. The molecule has 0 N–H and O–H groups in total. The topological polar surface area (TPSA) is 42.2 Å². The Labute approximate surface area is 402 Å². The average Bonchev–Trinajstić information content (AvgIpc) is 3.86. The van der Waals surface area contributed by atoms with Crippen molar-refractivity contribution in [2.24, 2.45) is 5.41 Å². The number of hydrogen-bond donors (Lipinski definition) is 0. The second-order valence-corrected chi connectivity index (χ2v) is 20.4. The molecule has 0 saturated heterocycles. The first-order valence-electron chi connectivity index (χ1n) is 23.8. The van der Waals surface area contributed by atoms with Crippen LogP contribution in [0.15, 0.2) is 227 Å². The molecule has 7 aromatic carbocycles.